The summed E-state index contributed by atoms with van der Waals surface area (Å²) < 4.78 is 0. The molecule has 2 rings (SSSR count). The Kier molecular flexibility index (Phi) is 2.82. The molecule has 0 atom stereocenters. The second-order valence-electron chi connectivity index (χ2n) is 3.17. The van der Waals surface area contributed by atoms with Crippen molar-refractivity contribution >= 4 is 17.2 Å². The van der Waals surface area contributed by atoms with Crippen LogP contribution in [0.1, 0.15) is 15.5 Å². The zero-order valence-electron chi connectivity index (χ0n) is 8.30. The van der Waals surface area contributed by atoms with Crippen LogP contribution >= 0.6 is 11.3 Å². The zero-order chi connectivity index (χ0) is 10.7. The molecule has 0 aliphatic rings. The summed E-state index contributed by atoms with van der Waals surface area (Å²) in [5.41, 5.74) is 0. The third-order valence-corrected chi connectivity index (χ3v) is 2.88. The van der Waals surface area contributed by atoms with Crippen LogP contribution in [0, 0.1) is 0 Å². The first-order valence-electron chi connectivity index (χ1n) is 4.54. The second-order valence-corrected chi connectivity index (χ2v) is 4.12. The number of nitrogens with one attached hydrogen (secondary N) is 1. The van der Waals surface area contributed by atoms with Crippen LogP contribution in [0.2, 0.25) is 0 Å². The summed E-state index contributed by atoms with van der Waals surface area (Å²) in [6.07, 6.45) is 3.43. The number of imidazole rings is 1. The smallest absolute Gasteiger partial charge is 0.264 e. The van der Waals surface area contributed by atoms with Gasteiger partial charge in [-0.2, -0.15) is 0 Å². The van der Waals surface area contributed by atoms with Gasteiger partial charge in [0, 0.05) is 19.4 Å². The molecule has 0 saturated heterocycles. The highest BCUT2D eigenvalue weighted by Gasteiger charge is 2.13. The van der Waals surface area contributed by atoms with E-state index in [4.69, 9.17) is 0 Å². The number of hydrogen-bond donors (Lipinski definition) is 1. The molecule has 0 aliphatic heterocycles. The van der Waals surface area contributed by atoms with Crippen LogP contribution in [0.5, 0.6) is 0 Å². The largest absolute Gasteiger partial charge is 0.347 e. The highest BCUT2D eigenvalue weighted by atomic mass is 32.1. The predicted octanol–water partition coefficient (Wildman–Crippen LogP) is 1.74. The van der Waals surface area contributed by atoms with E-state index in [1.165, 1.54) is 11.3 Å². The van der Waals surface area contributed by atoms with Crippen molar-refractivity contribution < 1.29 is 4.79 Å². The molecule has 0 aliphatic carbocycles. The van der Waals surface area contributed by atoms with E-state index in [1.807, 2.05) is 17.5 Å². The van der Waals surface area contributed by atoms with Crippen LogP contribution in [-0.4, -0.2) is 27.8 Å². The number of carbonyl (C=O) groups is 1. The normalized spacial score (nSPS) is 10.2. The van der Waals surface area contributed by atoms with Crippen LogP contribution < -0.4 is 0 Å². The number of carbonyl (C=O) groups excluding carboxylic acids is 1. The first kappa shape index (κ1) is 9.92. The Hall–Kier alpha value is -1.62. The molecule has 2 aromatic rings. The van der Waals surface area contributed by atoms with Gasteiger partial charge in [0.15, 0.2) is 0 Å². The quantitative estimate of drug-likeness (QED) is 0.858. The fourth-order valence-corrected chi connectivity index (χ4v) is 1.99. The molecular formula is C10H11N3OS. The van der Waals surface area contributed by atoms with Gasteiger partial charge in [0.2, 0.25) is 0 Å². The summed E-state index contributed by atoms with van der Waals surface area (Å²) in [5, 5.41) is 1.90. The molecule has 78 valence electrons. The first-order chi connectivity index (χ1) is 7.27. The van der Waals surface area contributed by atoms with E-state index in [0.29, 0.717) is 6.54 Å². The molecule has 0 unspecified atom stereocenters. The van der Waals surface area contributed by atoms with Crippen LogP contribution in [-0.2, 0) is 6.54 Å². The van der Waals surface area contributed by atoms with E-state index in [0.717, 1.165) is 10.7 Å². The average molecular weight is 221 g/mol. The molecule has 2 aromatic heterocycles. The summed E-state index contributed by atoms with van der Waals surface area (Å²) in [6.45, 7) is 0.504. The van der Waals surface area contributed by atoms with Gasteiger partial charge in [-0.25, -0.2) is 4.98 Å². The third kappa shape index (κ3) is 2.24. The van der Waals surface area contributed by atoms with E-state index in [2.05, 4.69) is 9.97 Å². The Morgan fingerprint density at radius 1 is 1.67 bits per heavy atom. The Balaban J connectivity index is 2.03. The van der Waals surface area contributed by atoms with Crippen molar-refractivity contribution in [3.05, 3.63) is 40.6 Å². The lowest BCUT2D eigenvalue weighted by Crippen LogP contribution is -2.25. The molecule has 0 aromatic carbocycles. The van der Waals surface area contributed by atoms with Crippen LogP contribution in [0.25, 0.3) is 0 Å². The van der Waals surface area contributed by atoms with Gasteiger partial charge in [-0.3, -0.25) is 4.79 Å². The Labute approximate surface area is 91.6 Å². The molecule has 4 nitrogen and oxygen atoms in total. The molecule has 1 N–H and O–H groups in total. The highest BCUT2D eigenvalue weighted by Crippen LogP contribution is 2.11. The molecule has 0 radical (unpaired) electrons. The maximum atomic E-state index is 11.8. The van der Waals surface area contributed by atoms with Crippen molar-refractivity contribution in [1.29, 1.82) is 0 Å². The summed E-state index contributed by atoms with van der Waals surface area (Å²) in [4.78, 5) is 21.3. The van der Waals surface area contributed by atoms with E-state index < -0.39 is 0 Å². The van der Waals surface area contributed by atoms with E-state index in [-0.39, 0.29) is 5.91 Å². The average Bonchev–Trinajstić information content (AvgIpc) is 2.88. The molecule has 1 amide bonds. The number of H-pyrrole nitrogens is 1. The van der Waals surface area contributed by atoms with Gasteiger partial charge < -0.3 is 9.88 Å². The van der Waals surface area contributed by atoms with Crippen LogP contribution in [0.4, 0.5) is 0 Å². The molecule has 0 fully saturated rings. The predicted molar refractivity (Wildman–Crippen MR) is 58.7 cm³/mol. The van der Waals surface area contributed by atoms with Crippen molar-refractivity contribution in [3.8, 4) is 0 Å². The maximum absolute atomic E-state index is 11.8. The van der Waals surface area contributed by atoms with Crippen LogP contribution in [0.15, 0.2) is 29.9 Å². The van der Waals surface area contributed by atoms with Crippen molar-refractivity contribution in [2.75, 3.05) is 7.05 Å². The van der Waals surface area contributed by atoms with Gasteiger partial charge in [-0.1, -0.05) is 6.07 Å². The maximum Gasteiger partial charge on any atom is 0.264 e. The SMILES string of the molecule is CN(Cc1ncc[nH]1)C(=O)c1cccs1. The van der Waals surface area contributed by atoms with Gasteiger partial charge >= 0.3 is 0 Å². The number of nitrogens with zero attached hydrogens (tertiary/aromatic N) is 2. The van der Waals surface area contributed by atoms with Crippen molar-refractivity contribution in [2.45, 2.75) is 6.54 Å². The lowest BCUT2D eigenvalue weighted by Gasteiger charge is -2.14. The molecule has 15 heavy (non-hydrogen) atoms. The standard InChI is InChI=1S/C10H11N3OS/c1-13(7-9-11-4-5-12-9)10(14)8-3-2-6-15-8/h2-6H,7H2,1H3,(H,11,12). The monoisotopic (exact) mass is 221 g/mol. The molecule has 0 spiro atoms. The Bertz CT molecular complexity index is 421. The van der Waals surface area contributed by atoms with Crippen molar-refractivity contribution in [3.63, 3.8) is 0 Å². The minimum Gasteiger partial charge on any atom is -0.347 e. The number of rotatable bonds is 3. The van der Waals surface area contributed by atoms with E-state index in [1.54, 1.807) is 24.3 Å². The highest BCUT2D eigenvalue weighted by molar-refractivity contribution is 7.12. The van der Waals surface area contributed by atoms with Crippen LogP contribution in [0.3, 0.4) is 0 Å². The minimum absolute atomic E-state index is 0.0291. The second kappa shape index (κ2) is 4.27. The summed E-state index contributed by atoms with van der Waals surface area (Å²) in [6, 6.07) is 3.70. The number of aromatic amines is 1. The summed E-state index contributed by atoms with van der Waals surface area (Å²) in [7, 11) is 1.77. The van der Waals surface area contributed by atoms with Gasteiger partial charge in [-0.15, -0.1) is 11.3 Å². The first-order valence-corrected chi connectivity index (χ1v) is 5.42. The summed E-state index contributed by atoms with van der Waals surface area (Å²) >= 11 is 1.45. The van der Waals surface area contributed by atoms with Gasteiger partial charge in [0.05, 0.1) is 11.4 Å². The van der Waals surface area contributed by atoms with Gasteiger partial charge in [0.1, 0.15) is 5.82 Å². The zero-order valence-corrected chi connectivity index (χ0v) is 9.12. The van der Waals surface area contributed by atoms with Crippen molar-refractivity contribution in [1.82, 2.24) is 14.9 Å². The van der Waals surface area contributed by atoms with Gasteiger partial charge in [0.25, 0.3) is 5.91 Å². The topological polar surface area (TPSA) is 49.0 Å². The lowest BCUT2D eigenvalue weighted by molar-refractivity contribution is 0.0786. The molecular weight excluding hydrogens is 210 g/mol. The van der Waals surface area contributed by atoms with Gasteiger partial charge in [-0.05, 0) is 11.4 Å². The molecule has 2 heterocycles. The Morgan fingerprint density at radius 3 is 3.13 bits per heavy atom. The van der Waals surface area contributed by atoms with E-state index in [9.17, 15) is 4.79 Å². The lowest BCUT2D eigenvalue weighted by atomic mass is 10.4. The fraction of sp³-hybridized carbons (Fsp3) is 0.200. The minimum atomic E-state index is 0.0291. The fourth-order valence-electron chi connectivity index (χ4n) is 1.27. The number of aromatic nitrogens is 2. The third-order valence-electron chi connectivity index (χ3n) is 2.02. The number of amides is 1. The molecule has 0 bridgehead atoms. The molecule has 5 heteroatoms. The molecule has 0 saturated carbocycles. The number of thiophene rings is 1. The van der Waals surface area contributed by atoms with E-state index >= 15 is 0 Å². The van der Waals surface area contributed by atoms with Crippen molar-refractivity contribution in [2.24, 2.45) is 0 Å². The summed E-state index contributed by atoms with van der Waals surface area (Å²) in [5.74, 6) is 0.823. The number of hydrogen-bond acceptors (Lipinski definition) is 3. The Morgan fingerprint density at radius 2 is 2.53 bits per heavy atom.